The number of aryl methyl sites for hydroxylation is 1. The van der Waals surface area contributed by atoms with Gasteiger partial charge in [-0.2, -0.15) is 5.26 Å². The molecule has 0 saturated carbocycles. The van der Waals surface area contributed by atoms with Crippen LogP contribution in [0, 0.1) is 11.3 Å². The topological polar surface area (TPSA) is 58.8 Å². The maximum atomic E-state index is 10.5. The molecular formula is C38H29N3O. The molecule has 0 radical (unpaired) electrons. The van der Waals surface area contributed by atoms with Gasteiger partial charge in [0.05, 0.1) is 16.8 Å². The molecule has 0 bridgehead atoms. The summed E-state index contributed by atoms with van der Waals surface area (Å²) in [5, 5.41) is 11.5. The third kappa shape index (κ3) is 4.05. The van der Waals surface area contributed by atoms with Crippen molar-refractivity contribution in [3.63, 3.8) is 0 Å². The van der Waals surface area contributed by atoms with Crippen LogP contribution in [0.25, 0.3) is 44.7 Å². The first-order valence-corrected chi connectivity index (χ1v) is 14.3. The highest BCUT2D eigenvalue weighted by Gasteiger charge is 2.37. The number of rotatable bonds is 4. The van der Waals surface area contributed by atoms with Gasteiger partial charge in [0, 0.05) is 33.1 Å². The molecule has 5 aromatic carbocycles. The minimum absolute atomic E-state index is 0.435. The lowest BCUT2D eigenvalue weighted by molar-refractivity contribution is 0.417. The number of hydrogen-bond donors (Lipinski definition) is 0. The Morgan fingerprint density at radius 3 is 2.24 bits per heavy atom. The van der Waals surface area contributed by atoms with Crippen LogP contribution in [0.1, 0.15) is 43.0 Å². The van der Waals surface area contributed by atoms with Crippen molar-refractivity contribution in [2.75, 3.05) is 0 Å². The standard InChI is InChI=1S/C38H29N3O/c1-4-24-11-5-6-12-27(24)25-17-19-26(20-18-25)36-29-13-7-9-15-32(29)40-37(41-36)28-21-22-34-35(30(28)23-39)38(2,3)31-14-8-10-16-33(31)42-34/h5-22H,4H2,1-3H3. The number of hydrogen-bond acceptors (Lipinski definition) is 4. The monoisotopic (exact) mass is 543 g/mol. The minimum Gasteiger partial charge on any atom is -0.457 e. The van der Waals surface area contributed by atoms with Crippen LogP contribution in [0.15, 0.2) is 109 Å². The van der Waals surface area contributed by atoms with Crippen LogP contribution in [0.2, 0.25) is 0 Å². The smallest absolute Gasteiger partial charge is 0.161 e. The molecule has 1 aliphatic heterocycles. The van der Waals surface area contributed by atoms with Gasteiger partial charge in [-0.25, -0.2) is 9.97 Å². The summed E-state index contributed by atoms with van der Waals surface area (Å²) in [5.74, 6) is 2.04. The van der Waals surface area contributed by atoms with Gasteiger partial charge in [-0.15, -0.1) is 0 Å². The van der Waals surface area contributed by atoms with Gasteiger partial charge in [0.1, 0.15) is 17.6 Å². The molecule has 4 heteroatoms. The second-order valence-electron chi connectivity index (χ2n) is 11.2. The summed E-state index contributed by atoms with van der Waals surface area (Å²) in [5.41, 5.74) is 9.15. The molecule has 0 aliphatic carbocycles. The maximum absolute atomic E-state index is 10.5. The van der Waals surface area contributed by atoms with E-state index in [0.29, 0.717) is 22.7 Å². The summed E-state index contributed by atoms with van der Waals surface area (Å²) in [7, 11) is 0. The molecule has 6 aromatic rings. The first kappa shape index (κ1) is 25.7. The molecule has 0 fully saturated rings. The summed E-state index contributed by atoms with van der Waals surface area (Å²) >= 11 is 0. The Kier molecular flexibility index (Phi) is 6.10. The predicted octanol–water partition coefficient (Wildman–Crippen LogP) is 9.50. The SMILES string of the molecule is CCc1ccccc1-c1ccc(-c2nc(-c3ccc4c(c3C#N)C(C)(C)c3ccccc3O4)nc3ccccc23)cc1. The van der Waals surface area contributed by atoms with Crippen molar-refractivity contribution in [3.8, 4) is 51.3 Å². The third-order valence-electron chi connectivity index (χ3n) is 8.40. The quantitative estimate of drug-likeness (QED) is 0.222. The van der Waals surface area contributed by atoms with Gasteiger partial charge in [0.2, 0.25) is 0 Å². The van der Waals surface area contributed by atoms with Crippen LogP contribution in [0.4, 0.5) is 0 Å². The average molecular weight is 544 g/mol. The van der Waals surface area contributed by atoms with Crippen molar-refractivity contribution >= 4 is 10.9 Å². The first-order valence-electron chi connectivity index (χ1n) is 14.3. The largest absolute Gasteiger partial charge is 0.457 e. The molecule has 42 heavy (non-hydrogen) atoms. The van der Waals surface area contributed by atoms with Crippen molar-refractivity contribution < 1.29 is 4.74 Å². The summed E-state index contributed by atoms with van der Waals surface area (Å²) in [6, 6.07) is 39.6. The Bertz CT molecular complexity index is 2030. The number of nitriles is 1. The van der Waals surface area contributed by atoms with Gasteiger partial charge >= 0.3 is 0 Å². The lowest BCUT2D eigenvalue weighted by Crippen LogP contribution is -2.26. The zero-order valence-electron chi connectivity index (χ0n) is 23.8. The highest BCUT2D eigenvalue weighted by Crippen LogP contribution is 2.50. The molecule has 0 N–H and O–H groups in total. The van der Waals surface area contributed by atoms with E-state index in [1.165, 1.54) is 16.7 Å². The molecule has 0 unspecified atom stereocenters. The van der Waals surface area contributed by atoms with Gasteiger partial charge in [0.25, 0.3) is 0 Å². The van der Waals surface area contributed by atoms with Crippen LogP contribution in [0.3, 0.4) is 0 Å². The summed E-state index contributed by atoms with van der Waals surface area (Å²) in [6.07, 6.45) is 0.979. The second kappa shape index (κ2) is 9.98. The first-order chi connectivity index (χ1) is 20.5. The van der Waals surface area contributed by atoms with Crippen LogP contribution in [-0.4, -0.2) is 9.97 Å². The molecule has 4 nitrogen and oxygen atoms in total. The highest BCUT2D eigenvalue weighted by molar-refractivity contribution is 5.94. The van der Waals surface area contributed by atoms with Crippen molar-refractivity contribution in [2.45, 2.75) is 32.6 Å². The lowest BCUT2D eigenvalue weighted by Gasteiger charge is -2.35. The fourth-order valence-electron chi connectivity index (χ4n) is 6.25. The van der Waals surface area contributed by atoms with Crippen LogP contribution in [-0.2, 0) is 11.8 Å². The normalized spacial score (nSPS) is 13.1. The number of aromatic nitrogens is 2. The average Bonchev–Trinajstić information content (AvgIpc) is 3.04. The zero-order valence-corrected chi connectivity index (χ0v) is 23.8. The molecule has 7 rings (SSSR count). The van der Waals surface area contributed by atoms with Crippen LogP contribution < -0.4 is 4.74 Å². The Hall–Kier alpha value is -5.27. The summed E-state index contributed by atoms with van der Waals surface area (Å²) < 4.78 is 6.28. The second-order valence-corrected chi connectivity index (χ2v) is 11.2. The van der Waals surface area contributed by atoms with Gasteiger partial charge in [0.15, 0.2) is 5.82 Å². The van der Waals surface area contributed by atoms with Gasteiger partial charge in [-0.05, 0) is 47.4 Å². The number of benzene rings is 5. The van der Waals surface area contributed by atoms with E-state index in [4.69, 9.17) is 14.7 Å². The minimum atomic E-state index is -0.435. The van der Waals surface area contributed by atoms with E-state index in [2.05, 4.69) is 87.5 Å². The summed E-state index contributed by atoms with van der Waals surface area (Å²) in [4.78, 5) is 10.1. The van der Waals surface area contributed by atoms with Gasteiger partial charge < -0.3 is 4.74 Å². The Morgan fingerprint density at radius 2 is 1.43 bits per heavy atom. The molecule has 0 amide bonds. The number of ether oxygens (including phenoxy) is 1. The molecule has 0 saturated heterocycles. The Labute approximate surface area is 245 Å². The zero-order chi connectivity index (χ0) is 28.8. The molecule has 2 heterocycles. The molecular weight excluding hydrogens is 514 g/mol. The van der Waals surface area contributed by atoms with Crippen molar-refractivity contribution in [3.05, 3.63) is 131 Å². The van der Waals surface area contributed by atoms with E-state index >= 15 is 0 Å². The fraction of sp³-hybridized carbons (Fsp3) is 0.132. The Balaban J connectivity index is 1.39. The predicted molar refractivity (Wildman–Crippen MR) is 169 cm³/mol. The summed E-state index contributed by atoms with van der Waals surface area (Å²) in [6.45, 7) is 6.47. The lowest BCUT2D eigenvalue weighted by atomic mass is 9.73. The van der Waals surface area contributed by atoms with Gasteiger partial charge in [-0.1, -0.05) is 106 Å². The Morgan fingerprint density at radius 1 is 0.714 bits per heavy atom. The molecule has 202 valence electrons. The van der Waals surface area contributed by atoms with Crippen LogP contribution in [0.5, 0.6) is 11.5 Å². The highest BCUT2D eigenvalue weighted by atomic mass is 16.5. The molecule has 1 aromatic heterocycles. The third-order valence-corrected chi connectivity index (χ3v) is 8.40. The number of fused-ring (bicyclic) bond motifs is 3. The van der Waals surface area contributed by atoms with Crippen molar-refractivity contribution in [2.24, 2.45) is 0 Å². The fourth-order valence-corrected chi connectivity index (χ4v) is 6.25. The van der Waals surface area contributed by atoms with E-state index in [-0.39, 0.29) is 0 Å². The van der Waals surface area contributed by atoms with Gasteiger partial charge in [-0.3, -0.25) is 0 Å². The number of nitrogens with zero attached hydrogens (tertiary/aromatic N) is 3. The van der Waals surface area contributed by atoms with Crippen LogP contribution >= 0.6 is 0 Å². The molecule has 1 aliphatic rings. The van der Waals surface area contributed by atoms with Crippen molar-refractivity contribution in [1.29, 1.82) is 5.26 Å². The molecule has 0 atom stereocenters. The van der Waals surface area contributed by atoms with E-state index < -0.39 is 5.41 Å². The maximum Gasteiger partial charge on any atom is 0.161 e. The van der Waals surface area contributed by atoms with Crippen molar-refractivity contribution in [1.82, 2.24) is 9.97 Å². The van der Waals surface area contributed by atoms with E-state index in [1.807, 2.05) is 48.5 Å². The van der Waals surface area contributed by atoms with E-state index in [1.54, 1.807) is 0 Å². The molecule has 0 spiro atoms. The van der Waals surface area contributed by atoms with E-state index in [0.717, 1.165) is 45.5 Å². The van der Waals surface area contributed by atoms with E-state index in [9.17, 15) is 5.26 Å². The number of para-hydroxylation sites is 2.